The van der Waals surface area contributed by atoms with Gasteiger partial charge in [0.2, 0.25) is 0 Å². The van der Waals surface area contributed by atoms with Gasteiger partial charge < -0.3 is 10.2 Å². The van der Waals surface area contributed by atoms with Gasteiger partial charge in [-0.15, -0.1) is 0 Å². The lowest BCUT2D eigenvalue weighted by Crippen LogP contribution is -2.42. The molecular formula is C20H23NO3. The Labute approximate surface area is 142 Å². The van der Waals surface area contributed by atoms with Crippen LogP contribution in [0.25, 0.3) is 0 Å². The highest BCUT2D eigenvalue weighted by atomic mass is 16.4. The number of aromatic carboxylic acids is 1. The molecule has 24 heavy (non-hydrogen) atoms. The zero-order valence-corrected chi connectivity index (χ0v) is 13.9. The fourth-order valence-electron chi connectivity index (χ4n) is 3.53. The number of carbonyl (C=O) groups is 1. The number of piperidine rings is 1. The molecule has 4 nitrogen and oxygen atoms in total. The minimum Gasteiger partial charge on any atom is -0.478 e. The predicted octanol–water partition coefficient (Wildman–Crippen LogP) is 3.04. The lowest BCUT2D eigenvalue weighted by Gasteiger charge is -2.36. The molecule has 0 saturated carbocycles. The van der Waals surface area contributed by atoms with Gasteiger partial charge in [0.1, 0.15) is 0 Å². The van der Waals surface area contributed by atoms with E-state index in [0.717, 1.165) is 30.6 Å². The van der Waals surface area contributed by atoms with Crippen LogP contribution in [-0.4, -0.2) is 40.3 Å². The first-order chi connectivity index (χ1) is 11.5. The summed E-state index contributed by atoms with van der Waals surface area (Å²) >= 11 is 0. The van der Waals surface area contributed by atoms with E-state index in [0.29, 0.717) is 12.1 Å². The van der Waals surface area contributed by atoms with Gasteiger partial charge in [-0.05, 0) is 42.6 Å². The number of carboxylic acid groups (broad SMARTS) is 1. The number of benzene rings is 2. The molecule has 1 saturated heterocycles. The monoisotopic (exact) mass is 325 g/mol. The molecule has 0 radical (unpaired) electrons. The van der Waals surface area contributed by atoms with Gasteiger partial charge >= 0.3 is 5.97 Å². The van der Waals surface area contributed by atoms with Crippen LogP contribution >= 0.6 is 0 Å². The molecule has 0 aliphatic carbocycles. The summed E-state index contributed by atoms with van der Waals surface area (Å²) in [4.78, 5) is 13.4. The molecule has 126 valence electrons. The summed E-state index contributed by atoms with van der Waals surface area (Å²) in [5.74, 6) is -0.837. The van der Waals surface area contributed by atoms with Crippen LogP contribution in [0.4, 0.5) is 0 Å². The van der Waals surface area contributed by atoms with Crippen LogP contribution < -0.4 is 0 Å². The number of aryl methyl sites for hydroxylation is 1. The Bertz CT molecular complexity index is 714. The van der Waals surface area contributed by atoms with Crippen molar-refractivity contribution in [3.63, 3.8) is 0 Å². The van der Waals surface area contributed by atoms with Gasteiger partial charge in [-0.1, -0.05) is 42.5 Å². The number of aliphatic hydroxyl groups excluding tert-OH is 1. The van der Waals surface area contributed by atoms with Crippen molar-refractivity contribution in [2.75, 3.05) is 13.1 Å². The summed E-state index contributed by atoms with van der Waals surface area (Å²) in [6, 6.07) is 15.7. The van der Waals surface area contributed by atoms with Gasteiger partial charge in [-0.25, -0.2) is 4.79 Å². The Morgan fingerprint density at radius 3 is 2.58 bits per heavy atom. The van der Waals surface area contributed by atoms with Gasteiger partial charge in [0.05, 0.1) is 11.7 Å². The fourth-order valence-corrected chi connectivity index (χ4v) is 3.53. The van der Waals surface area contributed by atoms with Crippen molar-refractivity contribution in [1.82, 2.24) is 4.90 Å². The topological polar surface area (TPSA) is 60.8 Å². The second-order valence-electron chi connectivity index (χ2n) is 6.56. The van der Waals surface area contributed by atoms with Crippen molar-refractivity contribution in [3.8, 4) is 0 Å². The number of nitrogens with zero attached hydrogens (tertiary/aromatic N) is 1. The van der Waals surface area contributed by atoms with Gasteiger partial charge in [-0.3, -0.25) is 4.90 Å². The fraction of sp³-hybridized carbons (Fsp3) is 0.350. The molecule has 1 heterocycles. The van der Waals surface area contributed by atoms with E-state index < -0.39 is 12.1 Å². The van der Waals surface area contributed by atoms with E-state index in [9.17, 15) is 9.90 Å². The second kappa shape index (κ2) is 7.16. The van der Waals surface area contributed by atoms with Crippen molar-refractivity contribution in [1.29, 1.82) is 0 Å². The van der Waals surface area contributed by atoms with E-state index in [1.165, 1.54) is 5.56 Å². The Balaban J connectivity index is 1.67. The SMILES string of the molecule is Cc1cc(C2CCN(Cc3ccccc3)CC2O)ccc1C(=O)O. The molecule has 1 fully saturated rings. The molecule has 0 bridgehead atoms. The van der Waals surface area contributed by atoms with Crippen molar-refractivity contribution in [2.24, 2.45) is 0 Å². The first kappa shape index (κ1) is 16.7. The van der Waals surface area contributed by atoms with Crippen LogP contribution in [0.3, 0.4) is 0 Å². The van der Waals surface area contributed by atoms with Crippen LogP contribution in [0.15, 0.2) is 48.5 Å². The highest BCUT2D eigenvalue weighted by Gasteiger charge is 2.29. The van der Waals surface area contributed by atoms with Crippen molar-refractivity contribution in [2.45, 2.75) is 31.9 Å². The normalized spacial score (nSPS) is 21.6. The van der Waals surface area contributed by atoms with Gasteiger partial charge in [-0.2, -0.15) is 0 Å². The zero-order chi connectivity index (χ0) is 17.1. The summed E-state index contributed by atoms with van der Waals surface area (Å²) < 4.78 is 0. The number of carboxylic acids is 1. The van der Waals surface area contributed by atoms with Crippen LogP contribution in [0.1, 0.15) is 39.4 Å². The first-order valence-electron chi connectivity index (χ1n) is 8.33. The molecule has 2 aromatic rings. The smallest absolute Gasteiger partial charge is 0.335 e. The standard InChI is InChI=1S/C20H23NO3/c1-14-11-16(7-8-17(14)20(23)24)18-9-10-21(13-19(18)22)12-15-5-3-2-4-6-15/h2-8,11,18-19,22H,9-10,12-13H2,1H3,(H,23,24). The number of aliphatic hydroxyl groups is 1. The lowest BCUT2D eigenvalue weighted by atomic mass is 9.85. The molecule has 4 heteroatoms. The molecule has 0 aromatic heterocycles. The molecule has 1 aliphatic heterocycles. The number of hydrogen-bond donors (Lipinski definition) is 2. The maximum Gasteiger partial charge on any atom is 0.335 e. The summed E-state index contributed by atoms with van der Waals surface area (Å²) in [6.07, 6.45) is 0.442. The lowest BCUT2D eigenvalue weighted by molar-refractivity contribution is 0.0477. The third-order valence-corrected chi connectivity index (χ3v) is 4.82. The number of rotatable bonds is 4. The Kier molecular flexibility index (Phi) is 4.97. The van der Waals surface area contributed by atoms with Crippen molar-refractivity contribution >= 4 is 5.97 Å². The average molecular weight is 325 g/mol. The molecule has 0 amide bonds. The van der Waals surface area contributed by atoms with Crippen LogP contribution in [0, 0.1) is 6.92 Å². The van der Waals surface area contributed by atoms with Gasteiger partial charge in [0, 0.05) is 19.0 Å². The summed E-state index contributed by atoms with van der Waals surface area (Å²) in [7, 11) is 0. The average Bonchev–Trinajstić information content (AvgIpc) is 2.55. The van der Waals surface area contributed by atoms with Crippen molar-refractivity contribution < 1.29 is 15.0 Å². The third kappa shape index (κ3) is 3.66. The zero-order valence-electron chi connectivity index (χ0n) is 13.9. The first-order valence-corrected chi connectivity index (χ1v) is 8.33. The summed E-state index contributed by atoms with van der Waals surface area (Å²) in [5, 5.41) is 19.7. The maximum atomic E-state index is 11.1. The van der Waals surface area contributed by atoms with Gasteiger partial charge in [0.25, 0.3) is 0 Å². The van der Waals surface area contributed by atoms with Crippen LogP contribution in [0.2, 0.25) is 0 Å². The molecule has 2 atom stereocenters. The highest BCUT2D eigenvalue weighted by molar-refractivity contribution is 5.89. The number of likely N-dealkylation sites (tertiary alicyclic amines) is 1. The molecule has 2 aromatic carbocycles. The molecule has 3 rings (SSSR count). The molecule has 2 N–H and O–H groups in total. The van der Waals surface area contributed by atoms with Gasteiger partial charge in [0.15, 0.2) is 0 Å². The van der Waals surface area contributed by atoms with Crippen LogP contribution in [0.5, 0.6) is 0 Å². The minimum absolute atomic E-state index is 0.0681. The third-order valence-electron chi connectivity index (χ3n) is 4.82. The van der Waals surface area contributed by atoms with Crippen molar-refractivity contribution in [3.05, 3.63) is 70.8 Å². The molecule has 2 unspecified atom stereocenters. The largest absolute Gasteiger partial charge is 0.478 e. The van der Waals surface area contributed by atoms with E-state index in [-0.39, 0.29) is 5.92 Å². The maximum absolute atomic E-state index is 11.1. The molecule has 1 aliphatic rings. The molecular weight excluding hydrogens is 302 g/mol. The Hall–Kier alpha value is -2.17. The predicted molar refractivity (Wildman–Crippen MR) is 93.2 cm³/mol. The summed E-state index contributed by atoms with van der Waals surface area (Å²) in [5.41, 5.74) is 3.36. The second-order valence-corrected chi connectivity index (χ2v) is 6.56. The highest BCUT2D eigenvalue weighted by Crippen LogP contribution is 2.30. The summed E-state index contributed by atoms with van der Waals surface area (Å²) in [6.45, 7) is 4.22. The Morgan fingerprint density at radius 1 is 1.21 bits per heavy atom. The van der Waals surface area contributed by atoms with E-state index in [4.69, 9.17) is 5.11 Å². The van der Waals surface area contributed by atoms with E-state index in [1.807, 2.05) is 37.3 Å². The Morgan fingerprint density at radius 2 is 1.96 bits per heavy atom. The van der Waals surface area contributed by atoms with E-state index in [1.54, 1.807) is 6.07 Å². The molecule has 0 spiro atoms. The van der Waals surface area contributed by atoms with E-state index in [2.05, 4.69) is 17.0 Å². The quantitative estimate of drug-likeness (QED) is 0.907. The number of β-amino-alcohol motifs (C(OH)–C–C–N with tert-alkyl or cyclic N) is 1. The minimum atomic E-state index is -0.905. The van der Waals surface area contributed by atoms with Crippen LogP contribution in [-0.2, 0) is 6.54 Å². The number of hydrogen-bond acceptors (Lipinski definition) is 3. The van der Waals surface area contributed by atoms with E-state index >= 15 is 0 Å².